The van der Waals surface area contributed by atoms with Gasteiger partial charge in [-0.2, -0.15) is 0 Å². The summed E-state index contributed by atoms with van der Waals surface area (Å²) in [6.07, 6.45) is 2.26. The third kappa shape index (κ3) is 1.62. The standard InChI is InChI=1S/C17H16S/c1-3-15-14-11-7-8-12-16(14)18-17(15,2)13-9-5-4-6-10-13/h3-12H,1-2H3/b15-3+. The zero-order valence-electron chi connectivity index (χ0n) is 10.7. The number of fused-ring (bicyclic) bond motifs is 1. The highest BCUT2D eigenvalue weighted by atomic mass is 32.2. The highest BCUT2D eigenvalue weighted by Crippen LogP contribution is 2.57. The van der Waals surface area contributed by atoms with Crippen molar-refractivity contribution in [1.29, 1.82) is 0 Å². The molecule has 0 fully saturated rings. The summed E-state index contributed by atoms with van der Waals surface area (Å²) in [5.74, 6) is 0. The lowest BCUT2D eigenvalue weighted by molar-refractivity contribution is 0.915. The van der Waals surface area contributed by atoms with Gasteiger partial charge in [-0.3, -0.25) is 0 Å². The molecule has 0 amide bonds. The van der Waals surface area contributed by atoms with Gasteiger partial charge < -0.3 is 0 Å². The van der Waals surface area contributed by atoms with Crippen molar-refractivity contribution < 1.29 is 0 Å². The Balaban J connectivity index is 2.17. The van der Waals surface area contributed by atoms with E-state index in [1.54, 1.807) is 0 Å². The summed E-state index contributed by atoms with van der Waals surface area (Å²) in [7, 11) is 0. The molecule has 1 heteroatoms. The molecule has 18 heavy (non-hydrogen) atoms. The molecule has 0 nitrogen and oxygen atoms in total. The van der Waals surface area contributed by atoms with Crippen LogP contribution in [0.25, 0.3) is 5.57 Å². The molecule has 1 aliphatic heterocycles. The second-order valence-corrected chi connectivity index (χ2v) is 6.16. The maximum Gasteiger partial charge on any atom is 0.0679 e. The molecule has 0 bridgehead atoms. The number of hydrogen-bond acceptors (Lipinski definition) is 1. The Morgan fingerprint density at radius 3 is 2.33 bits per heavy atom. The Hall–Kier alpha value is -1.47. The number of benzene rings is 2. The van der Waals surface area contributed by atoms with Crippen LogP contribution in [0.1, 0.15) is 25.0 Å². The summed E-state index contributed by atoms with van der Waals surface area (Å²) in [4.78, 5) is 1.39. The smallest absolute Gasteiger partial charge is 0.0679 e. The van der Waals surface area contributed by atoms with Gasteiger partial charge in [0.2, 0.25) is 0 Å². The van der Waals surface area contributed by atoms with E-state index in [-0.39, 0.29) is 4.75 Å². The van der Waals surface area contributed by atoms with Gasteiger partial charge in [0, 0.05) is 4.90 Å². The van der Waals surface area contributed by atoms with Crippen LogP contribution in [0, 0.1) is 0 Å². The summed E-state index contributed by atoms with van der Waals surface area (Å²) in [5.41, 5.74) is 4.19. The van der Waals surface area contributed by atoms with Gasteiger partial charge in [0.15, 0.2) is 0 Å². The molecule has 0 saturated carbocycles. The molecule has 0 saturated heterocycles. The van der Waals surface area contributed by atoms with E-state index in [1.165, 1.54) is 21.6 Å². The molecule has 3 rings (SSSR count). The van der Waals surface area contributed by atoms with Crippen LogP contribution < -0.4 is 0 Å². The van der Waals surface area contributed by atoms with Crippen molar-refractivity contribution in [2.75, 3.05) is 0 Å². The molecular weight excluding hydrogens is 236 g/mol. The van der Waals surface area contributed by atoms with E-state index in [9.17, 15) is 0 Å². The summed E-state index contributed by atoms with van der Waals surface area (Å²) in [6, 6.07) is 19.5. The number of rotatable bonds is 1. The molecule has 0 spiro atoms. The van der Waals surface area contributed by atoms with Crippen molar-refractivity contribution in [2.24, 2.45) is 0 Å². The summed E-state index contributed by atoms with van der Waals surface area (Å²) in [5, 5.41) is 0. The Morgan fingerprint density at radius 2 is 1.61 bits per heavy atom. The van der Waals surface area contributed by atoms with Crippen molar-refractivity contribution in [3.63, 3.8) is 0 Å². The van der Waals surface area contributed by atoms with Crippen molar-refractivity contribution >= 4 is 17.3 Å². The quantitative estimate of drug-likeness (QED) is 0.679. The van der Waals surface area contributed by atoms with Gasteiger partial charge in [-0.15, -0.1) is 11.8 Å². The molecule has 1 heterocycles. The van der Waals surface area contributed by atoms with Crippen molar-refractivity contribution in [1.82, 2.24) is 0 Å². The molecule has 0 aromatic heterocycles. The molecule has 2 aromatic rings. The second kappa shape index (κ2) is 4.33. The maximum absolute atomic E-state index is 2.32. The number of thioether (sulfide) groups is 1. The SMILES string of the molecule is C/C=C1\c2ccccc2SC1(C)c1ccccc1. The molecule has 1 aliphatic rings. The largest absolute Gasteiger partial charge is 0.109 e. The van der Waals surface area contributed by atoms with E-state index in [4.69, 9.17) is 0 Å². The lowest BCUT2D eigenvalue weighted by atomic mass is 9.87. The summed E-state index contributed by atoms with van der Waals surface area (Å²) < 4.78 is 0.0414. The summed E-state index contributed by atoms with van der Waals surface area (Å²) in [6.45, 7) is 4.46. The topological polar surface area (TPSA) is 0 Å². The third-order valence-corrected chi connectivity index (χ3v) is 5.06. The van der Waals surface area contributed by atoms with E-state index < -0.39 is 0 Å². The van der Waals surface area contributed by atoms with Crippen LogP contribution in [0.2, 0.25) is 0 Å². The van der Waals surface area contributed by atoms with Gasteiger partial charge in [-0.1, -0.05) is 54.6 Å². The van der Waals surface area contributed by atoms with Gasteiger partial charge >= 0.3 is 0 Å². The highest BCUT2D eigenvalue weighted by Gasteiger charge is 2.39. The maximum atomic E-state index is 2.32. The molecule has 1 atom stereocenters. The molecule has 0 aliphatic carbocycles. The Morgan fingerprint density at radius 1 is 0.944 bits per heavy atom. The van der Waals surface area contributed by atoms with Gasteiger partial charge in [-0.25, -0.2) is 0 Å². The minimum Gasteiger partial charge on any atom is -0.109 e. The van der Waals surface area contributed by atoms with E-state index in [2.05, 4.69) is 74.5 Å². The predicted molar refractivity (Wildman–Crippen MR) is 79.7 cm³/mol. The average molecular weight is 252 g/mol. The Kier molecular flexibility index (Phi) is 2.79. The minimum absolute atomic E-state index is 0.0414. The van der Waals surface area contributed by atoms with E-state index in [0.29, 0.717) is 0 Å². The van der Waals surface area contributed by atoms with E-state index in [1.807, 2.05) is 11.8 Å². The third-order valence-electron chi connectivity index (χ3n) is 3.62. The van der Waals surface area contributed by atoms with Gasteiger partial charge in [0.1, 0.15) is 0 Å². The van der Waals surface area contributed by atoms with E-state index in [0.717, 1.165) is 0 Å². The van der Waals surface area contributed by atoms with Crippen LogP contribution in [0.3, 0.4) is 0 Å². The van der Waals surface area contributed by atoms with Crippen LogP contribution in [-0.2, 0) is 4.75 Å². The fraction of sp³-hybridized carbons (Fsp3) is 0.176. The van der Waals surface area contributed by atoms with Crippen LogP contribution in [0.5, 0.6) is 0 Å². The molecule has 90 valence electrons. The number of hydrogen-bond donors (Lipinski definition) is 0. The highest BCUT2D eigenvalue weighted by molar-refractivity contribution is 8.01. The Bertz CT molecular complexity index is 598. The van der Waals surface area contributed by atoms with Gasteiger partial charge in [0.25, 0.3) is 0 Å². The fourth-order valence-electron chi connectivity index (χ4n) is 2.71. The normalized spacial score (nSPS) is 24.2. The first-order chi connectivity index (χ1) is 8.75. The van der Waals surface area contributed by atoms with Crippen molar-refractivity contribution in [3.8, 4) is 0 Å². The van der Waals surface area contributed by atoms with Gasteiger partial charge in [-0.05, 0) is 36.6 Å². The molecular formula is C17H16S. The first kappa shape index (κ1) is 11.6. The Labute approximate surface area is 113 Å². The molecule has 0 N–H and O–H groups in total. The predicted octanol–water partition coefficient (Wildman–Crippen LogP) is 5.11. The monoisotopic (exact) mass is 252 g/mol. The molecule has 2 aromatic carbocycles. The van der Waals surface area contributed by atoms with Crippen LogP contribution in [-0.4, -0.2) is 0 Å². The second-order valence-electron chi connectivity index (χ2n) is 4.70. The van der Waals surface area contributed by atoms with Crippen LogP contribution in [0.4, 0.5) is 0 Å². The number of allylic oxidation sites excluding steroid dienone is 1. The van der Waals surface area contributed by atoms with Crippen LogP contribution >= 0.6 is 11.8 Å². The van der Waals surface area contributed by atoms with Crippen LogP contribution in [0.15, 0.2) is 65.6 Å². The van der Waals surface area contributed by atoms with Crippen molar-refractivity contribution in [3.05, 3.63) is 71.8 Å². The zero-order valence-corrected chi connectivity index (χ0v) is 11.5. The first-order valence-electron chi connectivity index (χ1n) is 6.26. The lowest BCUT2D eigenvalue weighted by Crippen LogP contribution is -2.14. The molecule has 1 unspecified atom stereocenters. The fourth-order valence-corrected chi connectivity index (χ4v) is 4.18. The van der Waals surface area contributed by atoms with Gasteiger partial charge in [0.05, 0.1) is 4.75 Å². The molecule has 0 radical (unpaired) electrons. The first-order valence-corrected chi connectivity index (χ1v) is 7.08. The lowest BCUT2D eigenvalue weighted by Gasteiger charge is -2.26. The van der Waals surface area contributed by atoms with E-state index >= 15 is 0 Å². The van der Waals surface area contributed by atoms with Crippen molar-refractivity contribution in [2.45, 2.75) is 23.5 Å². The summed E-state index contributed by atoms with van der Waals surface area (Å²) >= 11 is 1.96. The average Bonchev–Trinajstić information content (AvgIpc) is 2.72. The minimum atomic E-state index is 0.0414. The zero-order chi connectivity index (χ0) is 12.6.